The highest BCUT2D eigenvalue weighted by molar-refractivity contribution is 6.59. The first kappa shape index (κ1) is 33.3. The summed E-state index contributed by atoms with van der Waals surface area (Å²) >= 11 is 6.02. The van der Waals surface area contributed by atoms with Gasteiger partial charge in [-0.3, -0.25) is 9.78 Å². The van der Waals surface area contributed by atoms with Gasteiger partial charge in [0.1, 0.15) is 89.9 Å². The molecule has 1 aromatic heterocycles. The molecule has 2 aromatic rings. The van der Waals surface area contributed by atoms with E-state index in [-0.39, 0.29) is 28.0 Å². The Morgan fingerprint density at radius 3 is 2.02 bits per heavy atom. The average molecular weight is 548 g/mol. The number of carbonyl (C=O) groups excluding carboxylic acids is 1. The molecule has 0 spiro atoms. The first-order chi connectivity index (χ1) is 17.8. The minimum Gasteiger partial charge on any atom is -0.360 e. The van der Waals surface area contributed by atoms with E-state index >= 15 is 4.39 Å². The van der Waals surface area contributed by atoms with Crippen molar-refractivity contribution in [2.45, 2.75) is 43.8 Å². The fraction of sp³-hybridized carbons (Fsp3) is 0.400. The molecule has 0 radical (unpaired) electrons. The van der Waals surface area contributed by atoms with Crippen molar-refractivity contribution < 1.29 is 13.6 Å². The molecule has 1 unspecified atom stereocenters. The predicted molar refractivity (Wildman–Crippen MR) is 199 cm³/mol. The van der Waals surface area contributed by atoms with Crippen molar-refractivity contribution in [3.63, 3.8) is 0 Å². The number of likely N-dealkylation sites (tertiary alicyclic amines) is 1. The number of aromatic nitrogens is 1. The minimum atomic E-state index is -1.76. The van der Waals surface area contributed by atoms with Gasteiger partial charge in [0.15, 0.2) is 0 Å². The topological polar surface area (TPSA) is 45.2 Å². The second-order valence-corrected chi connectivity index (χ2v) is 15.7. The van der Waals surface area contributed by atoms with Crippen molar-refractivity contribution in [3.8, 4) is 0 Å². The van der Waals surface area contributed by atoms with Gasteiger partial charge in [0.25, 0.3) is 5.91 Å². The molecule has 0 bridgehead atoms. The molecule has 1 aromatic carbocycles. The third kappa shape index (κ3) is 5.47. The van der Waals surface area contributed by atoms with Gasteiger partial charge < -0.3 is 10.2 Å². The van der Waals surface area contributed by atoms with E-state index < -0.39 is 38.1 Å². The number of carbonyl (C=O) groups is 1. The fourth-order valence-electron chi connectivity index (χ4n) is 6.86. The molecule has 1 aliphatic heterocycles. The molecule has 2 heterocycles. The molecule has 0 aliphatic carbocycles. The lowest BCUT2D eigenvalue weighted by Gasteiger charge is -2.71. The summed E-state index contributed by atoms with van der Waals surface area (Å²) in [5, 5.41) is -0.969. The van der Waals surface area contributed by atoms with Gasteiger partial charge in [-0.2, -0.15) is 0 Å². The lowest BCUT2D eigenvalue weighted by atomic mass is 9.21. The van der Waals surface area contributed by atoms with Crippen LogP contribution in [0.15, 0.2) is 36.5 Å². The molecule has 3 rings (SSSR count). The Balaban J connectivity index is 2.04. The van der Waals surface area contributed by atoms with Crippen LogP contribution in [0.1, 0.15) is 28.0 Å². The van der Waals surface area contributed by atoms with Crippen LogP contribution in [0.25, 0.3) is 0 Å². The van der Waals surface area contributed by atoms with E-state index in [1.54, 1.807) is 4.90 Å². The summed E-state index contributed by atoms with van der Waals surface area (Å²) in [4.78, 5) is 20.5. The van der Waals surface area contributed by atoms with Crippen molar-refractivity contribution in [1.29, 1.82) is 0 Å². The molecule has 196 valence electrons. The summed E-state index contributed by atoms with van der Waals surface area (Å²) in [6, 6.07) is 8.09. The molecule has 1 amide bonds. The van der Waals surface area contributed by atoms with Gasteiger partial charge in [0, 0.05) is 17.5 Å². The second-order valence-electron chi connectivity index (χ2n) is 15.3. The number of piperidine rings is 1. The SMILES string of the molecule is BC(B)(B)c1ccc(C(B)(B)NC(B)(B)C2(F)CC(B)(B)N(C(=O)c3ccc(F)c(Cl)c3)C(B)(B)C2(B)B)nc1. The van der Waals surface area contributed by atoms with Crippen molar-refractivity contribution in [1.82, 2.24) is 15.2 Å². The van der Waals surface area contributed by atoms with Crippen LogP contribution < -0.4 is 5.32 Å². The molecule has 20 heteroatoms. The zero-order chi connectivity index (χ0) is 30.9. The van der Waals surface area contributed by atoms with Crippen LogP contribution in [0.2, 0.25) is 10.2 Å². The molecule has 1 saturated heterocycles. The number of hydrogen-bond donors (Lipinski definition) is 1. The smallest absolute Gasteiger partial charge is 0.252 e. The molecule has 0 saturated carbocycles. The Labute approximate surface area is 255 Å². The van der Waals surface area contributed by atoms with E-state index in [1.807, 2.05) is 90.7 Å². The highest BCUT2D eigenvalue weighted by atomic mass is 35.5. The Bertz CT molecular complexity index is 1310. The van der Waals surface area contributed by atoms with Gasteiger partial charge in [-0.25, -0.2) is 8.78 Å². The maximum atomic E-state index is 18.1. The third-order valence-corrected chi connectivity index (χ3v) is 9.91. The van der Waals surface area contributed by atoms with Crippen LogP contribution >= 0.6 is 11.6 Å². The predicted octanol–water partition coefficient (Wildman–Crippen LogP) is -9.75. The van der Waals surface area contributed by atoms with Crippen LogP contribution in [0, 0.1) is 5.82 Å². The summed E-state index contributed by atoms with van der Waals surface area (Å²) in [5.41, 5.74) is 0.483. The van der Waals surface area contributed by atoms with Crippen molar-refractivity contribution in [2.75, 3.05) is 0 Å². The lowest BCUT2D eigenvalue weighted by Crippen LogP contribution is -2.84. The summed E-state index contributed by atoms with van der Waals surface area (Å²) in [6.07, 6.45) is 1.99. The number of pyridine rings is 1. The van der Waals surface area contributed by atoms with E-state index in [0.717, 1.165) is 11.3 Å². The van der Waals surface area contributed by atoms with E-state index in [2.05, 4.69) is 34.9 Å². The van der Waals surface area contributed by atoms with Crippen molar-refractivity contribution in [3.05, 3.63) is 64.2 Å². The largest absolute Gasteiger partial charge is 0.360 e. The number of nitrogens with one attached hydrogen (secondary N) is 1. The third-order valence-electron chi connectivity index (χ3n) is 9.62. The molecule has 1 fully saturated rings. The monoisotopic (exact) mass is 549 g/mol. The van der Waals surface area contributed by atoms with Crippen LogP contribution in [0.4, 0.5) is 8.78 Å². The number of hydrogen-bond acceptors (Lipinski definition) is 3. The Morgan fingerprint density at radius 2 is 1.55 bits per heavy atom. The van der Waals surface area contributed by atoms with E-state index in [1.165, 1.54) is 18.2 Å². The lowest BCUT2D eigenvalue weighted by molar-refractivity contribution is -0.0236. The van der Waals surface area contributed by atoms with Gasteiger partial charge in [-0.05, 0) is 62.8 Å². The number of halogens is 3. The van der Waals surface area contributed by atoms with Crippen LogP contribution in [-0.4, -0.2) is 139 Å². The minimum absolute atomic E-state index is 0.0167. The molecule has 1 aliphatic rings. The Morgan fingerprint density at radius 1 is 0.975 bits per heavy atom. The zero-order valence-corrected chi connectivity index (χ0v) is 27.4. The van der Waals surface area contributed by atoms with Gasteiger partial charge in [-0.1, -0.05) is 22.8 Å². The highest BCUT2D eigenvalue weighted by Gasteiger charge is 2.68. The fourth-order valence-corrected chi connectivity index (χ4v) is 7.04. The number of amides is 1. The summed E-state index contributed by atoms with van der Waals surface area (Å²) in [7, 11) is 25.7. The molecular formula is C20H35B13ClF2N3O. The molecular weight excluding hydrogens is 512 g/mol. The summed E-state index contributed by atoms with van der Waals surface area (Å²) < 4.78 is 31.9. The number of alkyl halides is 1. The number of nitrogens with zero attached hydrogens (tertiary/aromatic N) is 2. The number of benzene rings is 1. The summed E-state index contributed by atoms with van der Waals surface area (Å²) in [5.74, 6) is -0.891. The van der Waals surface area contributed by atoms with E-state index in [0.29, 0.717) is 0 Å². The van der Waals surface area contributed by atoms with Gasteiger partial charge in [0.05, 0.1) is 28.6 Å². The quantitative estimate of drug-likeness (QED) is 0.366. The summed E-state index contributed by atoms with van der Waals surface area (Å²) in [6.45, 7) is 0. The molecule has 1 atom stereocenters. The van der Waals surface area contributed by atoms with E-state index in [4.69, 9.17) is 16.6 Å². The van der Waals surface area contributed by atoms with Crippen molar-refractivity contribution in [2.24, 2.45) is 0 Å². The normalized spacial score (nSPS) is 22.4. The van der Waals surface area contributed by atoms with Crippen LogP contribution in [0.5, 0.6) is 0 Å². The number of rotatable bonds is 6. The van der Waals surface area contributed by atoms with Crippen LogP contribution in [-0.2, 0) is 10.5 Å². The van der Waals surface area contributed by atoms with Gasteiger partial charge in [-0.15, -0.1) is 0 Å². The standard InChI is InChI=1S/C20H35B13ClF2N3O/c21-15(22)7-14(36,19(30,31)38-17(26,27)12-4-2-9(6-37-12)16(23,24)25)18(28,29)20(32,33)39(15)13(40)8-1-3-11(35)10(34)5-8/h1-6,38H,7,21-33H2. The van der Waals surface area contributed by atoms with Crippen molar-refractivity contribution >= 4 is 120 Å². The Kier molecular flexibility index (Phi) is 8.50. The molecule has 1 N–H and O–H groups in total. The maximum absolute atomic E-state index is 18.1. The van der Waals surface area contributed by atoms with Crippen LogP contribution in [0.3, 0.4) is 0 Å². The molecule has 4 nitrogen and oxygen atoms in total. The second kappa shape index (κ2) is 10.2. The molecule has 40 heavy (non-hydrogen) atoms. The average Bonchev–Trinajstić information content (AvgIpc) is 2.78. The first-order valence-corrected chi connectivity index (χ1v) is 14.4. The zero-order valence-electron chi connectivity index (χ0n) is 26.6. The maximum Gasteiger partial charge on any atom is 0.252 e. The first-order valence-electron chi connectivity index (χ1n) is 14.1. The van der Waals surface area contributed by atoms with Gasteiger partial charge in [0.2, 0.25) is 0 Å². The Hall–Kier alpha value is -1.21. The van der Waals surface area contributed by atoms with Gasteiger partial charge >= 0.3 is 0 Å². The highest BCUT2D eigenvalue weighted by Crippen LogP contribution is 2.58. The van der Waals surface area contributed by atoms with E-state index in [9.17, 15) is 9.18 Å².